The van der Waals surface area contributed by atoms with Crippen LogP contribution in [0.1, 0.15) is 44.1 Å². The van der Waals surface area contributed by atoms with E-state index < -0.39 is 0 Å². The lowest BCUT2D eigenvalue weighted by molar-refractivity contribution is 0.571. The van der Waals surface area contributed by atoms with Crippen LogP contribution in [-0.2, 0) is 25.9 Å². The summed E-state index contributed by atoms with van der Waals surface area (Å²) < 4.78 is 4.20. The molecule has 0 spiro atoms. The summed E-state index contributed by atoms with van der Waals surface area (Å²) in [6, 6.07) is 0. The third-order valence-electron chi connectivity index (χ3n) is 3.81. The summed E-state index contributed by atoms with van der Waals surface area (Å²) in [6.07, 6.45) is 8.14. The first-order chi connectivity index (χ1) is 10.2. The van der Waals surface area contributed by atoms with Gasteiger partial charge in [-0.25, -0.2) is 4.98 Å². The fourth-order valence-corrected chi connectivity index (χ4v) is 3.43. The summed E-state index contributed by atoms with van der Waals surface area (Å²) in [6.45, 7) is 3.10. The van der Waals surface area contributed by atoms with E-state index in [2.05, 4.69) is 22.8 Å². The van der Waals surface area contributed by atoms with Crippen molar-refractivity contribution >= 4 is 34.5 Å². The molecule has 0 saturated carbocycles. The molecule has 2 rings (SSSR count). The summed E-state index contributed by atoms with van der Waals surface area (Å²) in [5.41, 5.74) is 3.21. The van der Waals surface area contributed by atoms with Gasteiger partial charge in [-0.05, 0) is 31.3 Å². The average molecular weight is 329 g/mol. The maximum Gasteiger partial charge on any atom is 0.158 e. The molecule has 0 amide bonds. The van der Waals surface area contributed by atoms with Crippen molar-refractivity contribution < 1.29 is 0 Å². The van der Waals surface area contributed by atoms with Crippen LogP contribution in [0.3, 0.4) is 0 Å². The molecule has 0 N–H and O–H groups in total. The van der Waals surface area contributed by atoms with E-state index in [4.69, 9.17) is 16.6 Å². The van der Waals surface area contributed by atoms with Gasteiger partial charge in [-0.3, -0.25) is 4.68 Å². The van der Waals surface area contributed by atoms with E-state index >= 15 is 0 Å². The minimum absolute atomic E-state index is 0.463. The fourth-order valence-electron chi connectivity index (χ4n) is 2.73. The molecule has 0 aliphatic carbocycles. The van der Waals surface area contributed by atoms with Crippen molar-refractivity contribution in [2.45, 2.75) is 51.5 Å². The predicted octanol–water partition coefficient (Wildman–Crippen LogP) is 3.99. The molecule has 2 heterocycles. The number of unbranched alkanes of at least 4 members (excludes halogenated alkanes) is 3. The van der Waals surface area contributed by atoms with Gasteiger partial charge in [-0.15, -0.1) is 11.6 Å². The minimum Gasteiger partial charge on any atom is -0.312 e. The highest BCUT2D eigenvalue weighted by molar-refractivity contribution is 7.98. The Morgan fingerprint density at radius 3 is 2.62 bits per heavy atom. The number of rotatable bonds is 9. The molecule has 0 aliphatic heterocycles. The van der Waals surface area contributed by atoms with Gasteiger partial charge in [-0.1, -0.05) is 19.8 Å². The lowest BCUT2D eigenvalue weighted by atomic mass is 10.2. The molecule has 4 nitrogen and oxygen atoms in total. The van der Waals surface area contributed by atoms with Crippen molar-refractivity contribution in [1.29, 1.82) is 0 Å². The number of hydrogen-bond donors (Lipinski definition) is 0. The molecule has 21 heavy (non-hydrogen) atoms. The summed E-state index contributed by atoms with van der Waals surface area (Å²) in [4.78, 5) is 4.70. The largest absolute Gasteiger partial charge is 0.312 e. The van der Waals surface area contributed by atoms with Crippen molar-refractivity contribution in [2.24, 2.45) is 7.05 Å². The number of thioether (sulfide) groups is 1. The Balaban J connectivity index is 2.09. The minimum atomic E-state index is 0.463. The lowest BCUT2D eigenvalue weighted by Gasteiger charge is -2.08. The number of aryl methyl sites for hydroxylation is 3. The number of halogens is 1. The van der Waals surface area contributed by atoms with Gasteiger partial charge in [-0.2, -0.15) is 16.9 Å². The van der Waals surface area contributed by atoms with Crippen molar-refractivity contribution in [3.8, 4) is 0 Å². The predicted molar refractivity (Wildman–Crippen MR) is 92.3 cm³/mol. The van der Waals surface area contributed by atoms with Crippen molar-refractivity contribution in [1.82, 2.24) is 19.3 Å². The maximum absolute atomic E-state index is 6.07. The first kappa shape index (κ1) is 16.7. The summed E-state index contributed by atoms with van der Waals surface area (Å²) in [7, 11) is 2.00. The molecule has 0 saturated heterocycles. The molecule has 6 heteroatoms. The van der Waals surface area contributed by atoms with Gasteiger partial charge in [0.1, 0.15) is 11.3 Å². The van der Waals surface area contributed by atoms with Crippen molar-refractivity contribution in [3.63, 3.8) is 0 Å². The highest BCUT2D eigenvalue weighted by atomic mass is 35.5. The quantitative estimate of drug-likeness (QED) is 0.515. The van der Waals surface area contributed by atoms with Gasteiger partial charge in [0.25, 0.3) is 0 Å². The third kappa shape index (κ3) is 3.75. The van der Waals surface area contributed by atoms with Gasteiger partial charge in [0.15, 0.2) is 5.65 Å². The van der Waals surface area contributed by atoms with Crippen LogP contribution in [0, 0.1) is 0 Å². The number of hydrogen-bond acceptors (Lipinski definition) is 3. The average Bonchev–Trinajstić information content (AvgIpc) is 3.00. The summed E-state index contributed by atoms with van der Waals surface area (Å²) >= 11 is 8.00. The Labute approximate surface area is 136 Å². The van der Waals surface area contributed by atoms with Gasteiger partial charge < -0.3 is 4.57 Å². The van der Waals surface area contributed by atoms with E-state index in [1.165, 1.54) is 31.4 Å². The zero-order chi connectivity index (χ0) is 15.2. The second kappa shape index (κ2) is 8.08. The van der Waals surface area contributed by atoms with Gasteiger partial charge >= 0.3 is 0 Å². The van der Waals surface area contributed by atoms with Gasteiger partial charge in [0, 0.05) is 13.6 Å². The molecule has 2 aromatic heterocycles. The van der Waals surface area contributed by atoms with Crippen LogP contribution in [-0.4, -0.2) is 31.3 Å². The van der Waals surface area contributed by atoms with Crippen LogP contribution in [0.2, 0.25) is 0 Å². The van der Waals surface area contributed by atoms with Crippen LogP contribution in [0.5, 0.6) is 0 Å². The fraction of sp³-hybridized carbons (Fsp3) is 0.733. The Bertz CT molecular complexity index is 576. The first-order valence-corrected chi connectivity index (χ1v) is 9.61. The Morgan fingerprint density at radius 2 is 1.95 bits per heavy atom. The molecule has 0 radical (unpaired) electrons. The molecule has 118 valence electrons. The van der Waals surface area contributed by atoms with E-state index in [0.717, 1.165) is 35.6 Å². The Morgan fingerprint density at radius 1 is 1.19 bits per heavy atom. The van der Waals surface area contributed by atoms with Crippen molar-refractivity contribution in [2.75, 3.05) is 12.0 Å². The van der Waals surface area contributed by atoms with Crippen LogP contribution in [0.25, 0.3) is 11.2 Å². The molecule has 0 unspecified atom stereocenters. The zero-order valence-electron chi connectivity index (χ0n) is 13.2. The number of alkyl halides is 1. The molecule has 0 fully saturated rings. The van der Waals surface area contributed by atoms with Crippen LogP contribution in [0.15, 0.2) is 0 Å². The normalized spacial score (nSPS) is 11.6. The monoisotopic (exact) mass is 328 g/mol. The maximum atomic E-state index is 6.07. The molecule has 0 aromatic carbocycles. The van der Waals surface area contributed by atoms with E-state index in [-0.39, 0.29) is 0 Å². The van der Waals surface area contributed by atoms with Gasteiger partial charge in [0.05, 0.1) is 11.6 Å². The number of nitrogens with zero attached hydrogens (tertiary/aromatic N) is 4. The molecule has 0 bridgehead atoms. The van der Waals surface area contributed by atoms with E-state index in [1.807, 2.05) is 23.5 Å². The second-order valence-electron chi connectivity index (χ2n) is 5.32. The molecule has 0 atom stereocenters. The van der Waals surface area contributed by atoms with Crippen molar-refractivity contribution in [3.05, 3.63) is 11.5 Å². The highest BCUT2D eigenvalue weighted by Gasteiger charge is 2.17. The summed E-state index contributed by atoms with van der Waals surface area (Å²) in [5.74, 6) is 2.70. The number of aromatic nitrogens is 4. The molecule has 0 aliphatic rings. The van der Waals surface area contributed by atoms with E-state index in [1.54, 1.807) is 0 Å². The topological polar surface area (TPSA) is 35.6 Å². The SMILES string of the molecule is CCc1nn(C)c2c1nc(CCl)n2CCCCCCSC. The molecular weight excluding hydrogens is 304 g/mol. The number of imidazole rings is 1. The third-order valence-corrected chi connectivity index (χ3v) is 4.74. The van der Waals surface area contributed by atoms with Crippen LogP contribution >= 0.6 is 23.4 Å². The van der Waals surface area contributed by atoms with Crippen LogP contribution < -0.4 is 0 Å². The Hall–Kier alpha value is -0.680. The zero-order valence-corrected chi connectivity index (χ0v) is 14.8. The number of fused-ring (bicyclic) bond motifs is 1. The molecule has 2 aromatic rings. The smallest absolute Gasteiger partial charge is 0.158 e. The Kier molecular flexibility index (Phi) is 6.42. The second-order valence-corrected chi connectivity index (χ2v) is 6.57. The van der Waals surface area contributed by atoms with Gasteiger partial charge in [0.2, 0.25) is 0 Å². The van der Waals surface area contributed by atoms with E-state index in [9.17, 15) is 0 Å². The molecular formula is C15H25ClN4S. The lowest BCUT2D eigenvalue weighted by Crippen LogP contribution is -2.07. The summed E-state index contributed by atoms with van der Waals surface area (Å²) in [5, 5.41) is 4.56. The van der Waals surface area contributed by atoms with Crippen LogP contribution in [0.4, 0.5) is 0 Å². The first-order valence-electron chi connectivity index (χ1n) is 7.68. The van der Waals surface area contributed by atoms with E-state index in [0.29, 0.717) is 5.88 Å². The standard InChI is InChI=1S/C15H25ClN4S/c1-4-12-14-15(19(2)18-12)20(13(11-16)17-14)9-7-5-6-8-10-21-3/h4-11H2,1-3H3. The highest BCUT2D eigenvalue weighted by Crippen LogP contribution is 2.22.